The van der Waals surface area contributed by atoms with Gasteiger partial charge in [-0.15, -0.1) is 0 Å². The molecule has 0 N–H and O–H groups in total. The summed E-state index contributed by atoms with van der Waals surface area (Å²) in [5.74, 6) is 0. The number of carbonyl (C=O) groups excluding carboxylic acids is 1. The first kappa shape index (κ1) is 10.2. The van der Waals surface area contributed by atoms with E-state index in [-0.39, 0.29) is 15.9 Å². The van der Waals surface area contributed by atoms with E-state index in [0.29, 0.717) is 11.8 Å². The first-order valence-corrected chi connectivity index (χ1v) is 4.26. The van der Waals surface area contributed by atoms with Gasteiger partial charge in [0.2, 0.25) is 0 Å². The van der Waals surface area contributed by atoms with Gasteiger partial charge in [0.15, 0.2) is 6.29 Å². The topological polar surface area (TPSA) is 30.0 Å². The van der Waals surface area contributed by atoms with Crippen LogP contribution in [0.2, 0.25) is 0 Å². The van der Waals surface area contributed by atoms with Crippen molar-refractivity contribution in [3.8, 4) is 0 Å². The van der Waals surface area contributed by atoms with Crippen LogP contribution in [0.4, 0.5) is 8.78 Å². The highest BCUT2D eigenvalue weighted by Crippen LogP contribution is 2.24. The van der Waals surface area contributed by atoms with Crippen molar-refractivity contribution in [1.82, 2.24) is 4.98 Å². The summed E-state index contributed by atoms with van der Waals surface area (Å²) in [6.07, 6.45) is -2.05. The Balaban J connectivity index is 3.28. The molecule has 2 nitrogen and oxygen atoms in total. The number of carbonyl (C=O) groups is 1. The summed E-state index contributed by atoms with van der Waals surface area (Å²) in [5.41, 5.74) is 0.305. The normalized spacial score (nSPS) is 10.5. The third kappa shape index (κ3) is 2.09. The van der Waals surface area contributed by atoms with Crippen molar-refractivity contribution in [3.63, 3.8) is 0 Å². The van der Waals surface area contributed by atoms with Gasteiger partial charge in [0.05, 0.1) is 0 Å². The molecule has 0 aliphatic rings. The minimum Gasteiger partial charge on any atom is -0.298 e. The number of halogens is 3. The Morgan fingerprint density at radius 1 is 1.62 bits per heavy atom. The zero-order valence-electron chi connectivity index (χ0n) is 6.72. The maximum absolute atomic E-state index is 12.3. The van der Waals surface area contributed by atoms with Crippen LogP contribution < -0.4 is 0 Å². The molecule has 0 saturated heterocycles. The third-order valence-electron chi connectivity index (χ3n) is 1.57. The van der Waals surface area contributed by atoms with Crippen molar-refractivity contribution in [1.29, 1.82) is 0 Å². The second kappa shape index (κ2) is 3.91. The number of aromatic nitrogens is 1. The van der Waals surface area contributed by atoms with E-state index in [9.17, 15) is 13.6 Å². The molecule has 0 atom stereocenters. The smallest absolute Gasteiger partial charge is 0.280 e. The number of hydrogen-bond donors (Lipinski definition) is 0. The van der Waals surface area contributed by atoms with Crippen LogP contribution in [-0.2, 0) is 0 Å². The summed E-state index contributed by atoms with van der Waals surface area (Å²) < 4.78 is 24.7. The van der Waals surface area contributed by atoms with Crippen molar-refractivity contribution in [2.24, 2.45) is 0 Å². The van der Waals surface area contributed by atoms with Crippen molar-refractivity contribution < 1.29 is 13.6 Å². The first-order valence-electron chi connectivity index (χ1n) is 3.46. The lowest BCUT2D eigenvalue weighted by Gasteiger charge is -2.05. The average Bonchev–Trinajstić information content (AvgIpc) is 2.07. The average molecular weight is 250 g/mol. The predicted octanol–water partition coefficient (Wildman–Crippen LogP) is 2.90. The Labute approximate surface area is 82.1 Å². The minimum absolute atomic E-state index is 0.156. The van der Waals surface area contributed by atoms with Gasteiger partial charge in [-0.25, -0.2) is 13.8 Å². The highest BCUT2D eigenvalue weighted by molar-refractivity contribution is 9.10. The van der Waals surface area contributed by atoms with Crippen LogP contribution in [0, 0.1) is 6.92 Å². The van der Waals surface area contributed by atoms with E-state index in [1.807, 2.05) is 0 Å². The predicted molar refractivity (Wildman–Crippen MR) is 47.0 cm³/mol. The second-order valence-corrected chi connectivity index (χ2v) is 3.24. The van der Waals surface area contributed by atoms with Crippen molar-refractivity contribution >= 4 is 22.2 Å². The molecular formula is C8H6BrF2NO. The summed E-state index contributed by atoms with van der Waals surface area (Å²) in [6, 6.07) is 1.38. The molecule has 13 heavy (non-hydrogen) atoms. The van der Waals surface area contributed by atoms with E-state index in [4.69, 9.17) is 0 Å². The summed E-state index contributed by atoms with van der Waals surface area (Å²) >= 11 is 2.93. The first-order chi connectivity index (χ1) is 6.06. The van der Waals surface area contributed by atoms with Gasteiger partial charge in [-0.3, -0.25) is 4.79 Å². The van der Waals surface area contributed by atoms with Crippen LogP contribution in [0.25, 0.3) is 0 Å². The Hall–Kier alpha value is -0.840. The van der Waals surface area contributed by atoms with Crippen LogP contribution in [0.3, 0.4) is 0 Å². The van der Waals surface area contributed by atoms with Crippen LogP contribution in [0.1, 0.15) is 28.0 Å². The third-order valence-corrected chi connectivity index (χ3v) is 2.20. The number of aldehydes is 1. The minimum atomic E-state index is -2.61. The van der Waals surface area contributed by atoms with E-state index in [0.717, 1.165) is 0 Å². The van der Waals surface area contributed by atoms with Crippen molar-refractivity contribution in [2.75, 3.05) is 0 Å². The largest absolute Gasteiger partial charge is 0.298 e. The Morgan fingerprint density at radius 2 is 2.23 bits per heavy atom. The maximum atomic E-state index is 12.3. The zero-order chi connectivity index (χ0) is 10.0. The number of alkyl halides is 2. The van der Waals surface area contributed by atoms with Crippen molar-refractivity contribution in [2.45, 2.75) is 13.3 Å². The zero-order valence-corrected chi connectivity index (χ0v) is 8.31. The Kier molecular flexibility index (Phi) is 3.08. The quantitative estimate of drug-likeness (QED) is 0.596. The lowest BCUT2D eigenvalue weighted by Crippen LogP contribution is -1.98. The molecule has 0 unspecified atom stereocenters. The molecule has 0 fully saturated rings. The number of nitrogens with zero attached hydrogens (tertiary/aromatic N) is 1. The molecule has 5 heteroatoms. The SMILES string of the molecule is Cc1cc(C=O)c(Br)nc1C(F)F. The molecular weight excluding hydrogens is 244 g/mol. The number of aryl methyl sites for hydroxylation is 1. The molecule has 0 radical (unpaired) electrons. The lowest BCUT2D eigenvalue weighted by molar-refractivity contribution is 0.112. The van der Waals surface area contributed by atoms with Crippen LogP contribution in [-0.4, -0.2) is 11.3 Å². The summed E-state index contributed by atoms with van der Waals surface area (Å²) in [5, 5.41) is 0. The van der Waals surface area contributed by atoms with E-state index >= 15 is 0 Å². The van der Waals surface area contributed by atoms with Gasteiger partial charge in [0.1, 0.15) is 10.3 Å². The van der Waals surface area contributed by atoms with Crippen LogP contribution in [0.5, 0.6) is 0 Å². The van der Waals surface area contributed by atoms with Crippen LogP contribution in [0.15, 0.2) is 10.7 Å². The lowest BCUT2D eigenvalue weighted by atomic mass is 10.2. The summed E-state index contributed by atoms with van der Waals surface area (Å²) in [7, 11) is 0. The van der Waals surface area contributed by atoms with Gasteiger partial charge in [-0.05, 0) is 34.5 Å². The maximum Gasteiger partial charge on any atom is 0.280 e. The molecule has 0 aliphatic carbocycles. The van der Waals surface area contributed by atoms with Gasteiger partial charge in [0, 0.05) is 5.56 Å². The Morgan fingerprint density at radius 3 is 2.69 bits per heavy atom. The Bertz CT molecular complexity index is 341. The van der Waals surface area contributed by atoms with Gasteiger partial charge >= 0.3 is 0 Å². The van der Waals surface area contributed by atoms with Gasteiger partial charge < -0.3 is 0 Å². The molecule has 70 valence electrons. The molecule has 0 aliphatic heterocycles. The number of hydrogen-bond acceptors (Lipinski definition) is 2. The van der Waals surface area contributed by atoms with Gasteiger partial charge in [0.25, 0.3) is 6.43 Å². The second-order valence-electron chi connectivity index (χ2n) is 2.49. The molecule has 0 saturated carbocycles. The fourth-order valence-electron chi connectivity index (χ4n) is 0.929. The number of rotatable bonds is 2. The fraction of sp³-hybridized carbons (Fsp3) is 0.250. The number of pyridine rings is 1. The molecule has 1 aromatic heterocycles. The molecule has 1 aromatic rings. The van der Waals surface area contributed by atoms with E-state index in [1.54, 1.807) is 0 Å². The summed E-state index contributed by atoms with van der Waals surface area (Å²) in [4.78, 5) is 14.0. The van der Waals surface area contributed by atoms with E-state index < -0.39 is 6.43 Å². The van der Waals surface area contributed by atoms with Gasteiger partial charge in [-0.2, -0.15) is 0 Å². The molecule has 0 amide bonds. The van der Waals surface area contributed by atoms with E-state index in [1.165, 1.54) is 13.0 Å². The van der Waals surface area contributed by atoms with Gasteiger partial charge in [-0.1, -0.05) is 0 Å². The molecule has 0 spiro atoms. The molecule has 1 rings (SSSR count). The van der Waals surface area contributed by atoms with Crippen LogP contribution >= 0.6 is 15.9 Å². The molecule has 1 heterocycles. The highest BCUT2D eigenvalue weighted by atomic mass is 79.9. The monoisotopic (exact) mass is 249 g/mol. The fourth-order valence-corrected chi connectivity index (χ4v) is 1.33. The highest BCUT2D eigenvalue weighted by Gasteiger charge is 2.14. The summed E-state index contributed by atoms with van der Waals surface area (Å²) in [6.45, 7) is 1.49. The molecule has 0 bridgehead atoms. The standard InChI is InChI=1S/C8H6BrF2NO/c1-4-2-5(3-13)7(9)12-6(4)8(10)11/h2-3,8H,1H3. The van der Waals surface area contributed by atoms with Crippen molar-refractivity contribution in [3.05, 3.63) is 27.5 Å². The molecule has 0 aromatic carbocycles. The van der Waals surface area contributed by atoms with E-state index in [2.05, 4.69) is 20.9 Å².